The maximum absolute atomic E-state index is 11.6. The van der Waals surface area contributed by atoms with Crippen molar-refractivity contribution in [1.82, 2.24) is 0 Å². The zero-order valence-electron chi connectivity index (χ0n) is 31.5. The number of hydrogen-bond donors (Lipinski definition) is 0. The number of hydrogen-bond acceptors (Lipinski definition) is 6. The fraction of sp³-hybridized carbons (Fsp3) is 1.00. The van der Waals surface area contributed by atoms with Crippen molar-refractivity contribution in [2.45, 2.75) is 196 Å². The molecule has 10 heteroatoms. The number of rotatable bonds is 30. The van der Waals surface area contributed by atoms with E-state index in [0.29, 0.717) is 37.0 Å². The van der Waals surface area contributed by atoms with Crippen LogP contribution in [0.3, 0.4) is 0 Å². The van der Waals surface area contributed by atoms with Crippen LogP contribution in [0.1, 0.15) is 196 Å². The maximum atomic E-state index is 11.6. The molecule has 0 unspecified atom stereocenters. The van der Waals surface area contributed by atoms with Gasteiger partial charge in [-0.3, -0.25) is 0 Å². The topological polar surface area (TPSA) is 120 Å². The van der Waals surface area contributed by atoms with Crippen LogP contribution in [-0.2, 0) is 13.7 Å². The summed E-state index contributed by atoms with van der Waals surface area (Å²) in [6, 6.07) is 0. The van der Waals surface area contributed by atoms with Crippen LogP contribution in [0.25, 0.3) is 0 Å². The third-order valence-corrected chi connectivity index (χ3v) is 14.1. The van der Waals surface area contributed by atoms with E-state index in [2.05, 4.69) is 41.5 Å². The quantitative estimate of drug-likeness (QED) is 0.0524. The molecule has 6 nitrogen and oxygen atoms in total. The Kier molecular flexibility index (Phi) is 47.2. The summed E-state index contributed by atoms with van der Waals surface area (Å²) in [5, 5.41) is 0. The van der Waals surface area contributed by atoms with Crippen LogP contribution in [0.2, 0.25) is 0 Å². The van der Waals surface area contributed by atoms with Crippen LogP contribution in [0.4, 0.5) is 0 Å². The van der Waals surface area contributed by atoms with E-state index in [0.717, 1.165) is 116 Å². The third kappa shape index (κ3) is 48.0. The summed E-state index contributed by atoms with van der Waals surface area (Å²) < 4.78 is 34.8. The predicted octanol–water partition coefficient (Wildman–Crippen LogP) is 11.4. The van der Waals surface area contributed by atoms with Crippen molar-refractivity contribution in [2.24, 2.45) is 0 Å². The summed E-state index contributed by atoms with van der Waals surface area (Å²) in [5.41, 5.74) is 0. The zero-order chi connectivity index (χ0) is 34.7. The zero-order valence-corrected chi connectivity index (χ0v) is 37.4. The van der Waals surface area contributed by atoms with Gasteiger partial charge in [0.1, 0.15) is 0 Å². The van der Waals surface area contributed by atoms with Gasteiger partial charge in [-0.1, -0.05) is 157 Å². The van der Waals surface area contributed by atoms with E-state index in [9.17, 15) is 28.4 Å². The molecule has 46 heavy (non-hydrogen) atoms. The van der Waals surface area contributed by atoms with Gasteiger partial charge < -0.3 is 28.4 Å². The van der Waals surface area contributed by atoms with E-state index in [-0.39, 0.29) is 40.8 Å². The molecule has 0 aliphatic rings. The molecule has 1 radical (unpaired) electrons. The van der Waals surface area contributed by atoms with Gasteiger partial charge in [0.05, 0.1) is 0 Å². The van der Waals surface area contributed by atoms with Gasteiger partial charge in [-0.2, -0.15) is 0 Å². The average molecular weight is 844 g/mol. The molecule has 277 valence electrons. The molecule has 0 aliphatic carbocycles. The molecule has 0 aliphatic heterocycles. The maximum Gasteiger partial charge on any atom is 3.00 e. The molecule has 0 heterocycles. The molecule has 0 N–H and O–H groups in total. The summed E-state index contributed by atoms with van der Waals surface area (Å²) in [6.45, 7) is 12.8. The number of unbranched alkanes of at least 4 members (excludes halogenated alkanes) is 18. The summed E-state index contributed by atoms with van der Waals surface area (Å²) in [4.78, 5) is 34.8. The Labute approximate surface area is 321 Å². The Bertz CT molecular complexity index is 595. The first-order chi connectivity index (χ1) is 21.4. The molecule has 0 saturated heterocycles. The minimum Gasteiger partial charge on any atom is -0.799 e. The van der Waals surface area contributed by atoms with Gasteiger partial charge in [-0.05, 0) is 75.5 Å². The van der Waals surface area contributed by atoms with Crippen molar-refractivity contribution in [3.63, 3.8) is 0 Å². The summed E-state index contributed by atoms with van der Waals surface area (Å²) in [6.07, 6.45) is 28.1. The largest absolute Gasteiger partial charge is 3.00 e. The van der Waals surface area contributed by atoms with Gasteiger partial charge in [0.25, 0.3) is 0 Å². The predicted molar refractivity (Wildman–Crippen MR) is 197 cm³/mol. The van der Waals surface area contributed by atoms with Crippen LogP contribution < -0.4 is 14.7 Å². The SMILES string of the molecule is CCCCCCP(=O)([O-])CCCCCC.CCCCCCP(=O)([O-])CCCCCC.CCCCCCP(=O)([O-])CCCCCC.[Nd+3]. The first kappa shape index (κ1) is 54.7. The third-order valence-electron chi connectivity index (χ3n) is 8.11. The second-order valence-electron chi connectivity index (χ2n) is 13.1. The Balaban J connectivity index is -0.000000285. The van der Waals surface area contributed by atoms with E-state index in [1.807, 2.05) is 0 Å². The summed E-state index contributed by atoms with van der Waals surface area (Å²) >= 11 is 0. The van der Waals surface area contributed by atoms with Gasteiger partial charge in [0, 0.05) is 22.1 Å². The first-order valence-electron chi connectivity index (χ1n) is 19.2. The average Bonchev–Trinajstić information content (AvgIpc) is 2.99. The van der Waals surface area contributed by atoms with Crippen molar-refractivity contribution in [3.8, 4) is 0 Å². The molecular weight excluding hydrogens is 766 g/mol. The smallest absolute Gasteiger partial charge is 0.799 e. The molecule has 0 saturated carbocycles. The van der Waals surface area contributed by atoms with Crippen molar-refractivity contribution >= 4 is 22.1 Å². The van der Waals surface area contributed by atoms with Gasteiger partial charge in [0.2, 0.25) is 0 Å². The first-order valence-corrected chi connectivity index (χ1v) is 25.2. The van der Waals surface area contributed by atoms with Crippen molar-refractivity contribution in [3.05, 3.63) is 0 Å². The molecule has 0 aromatic heterocycles. The molecule has 0 spiro atoms. The van der Waals surface area contributed by atoms with E-state index < -0.39 is 22.1 Å². The Morgan fingerprint density at radius 1 is 0.283 bits per heavy atom. The van der Waals surface area contributed by atoms with Crippen molar-refractivity contribution in [2.75, 3.05) is 37.0 Å². The second kappa shape index (κ2) is 39.7. The van der Waals surface area contributed by atoms with Gasteiger partial charge in [-0.25, -0.2) is 0 Å². The van der Waals surface area contributed by atoms with E-state index >= 15 is 0 Å². The normalized spacial score (nSPS) is 11.7. The summed E-state index contributed by atoms with van der Waals surface area (Å²) in [7, 11) is -9.07. The van der Waals surface area contributed by atoms with Gasteiger partial charge in [0.15, 0.2) is 0 Å². The van der Waals surface area contributed by atoms with Crippen LogP contribution in [0.15, 0.2) is 0 Å². The monoisotopic (exact) mass is 841 g/mol. The minimum absolute atomic E-state index is 0. The van der Waals surface area contributed by atoms with Gasteiger partial charge in [-0.15, -0.1) is 0 Å². The van der Waals surface area contributed by atoms with Crippen molar-refractivity contribution in [1.29, 1.82) is 0 Å². The summed E-state index contributed by atoms with van der Waals surface area (Å²) in [5.74, 6) is 0. The fourth-order valence-electron chi connectivity index (χ4n) is 5.01. The molecule has 0 bridgehead atoms. The van der Waals surface area contributed by atoms with Crippen LogP contribution in [-0.4, -0.2) is 37.0 Å². The van der Waals surface area contributed by atoms with Gasteiger partial charge >= 0.3 is 40.8 Å². The molecule has 0 rings (SSSR count). The Hall–Kier alpha value is 1.92. The Morgan fingerprint density at radius 2 is 0.413 bits per heavy atom. The fourth-order valence-corrected chi connectivity index (χ4v) is 9.92. The van der Waals surface area contributed by atoms with Crippen LogP contribution in [0, 0.1) is 40.8 Å². The standard InChI is InChI=1S/3C12H27O2P.Nd/c3*1-3-5-7-9-11-15(13,14)12-10-8-6-4-2;/h3*3-12H2,1-2H3,(H,13,14);/q;;;+3/p-3. The molecule has 0 fully saturated rings. The molecule has 0 amide bonds. The van der Waals surface area contributed by atoms with E-state index in [4.69, 9.17) is 0 Å². The molecular formula is C36H78NdO6P3. The van der Waals surface area contributed by atoms with Crippen molar-refractivity contribution < 1.29 is 69.2 Å². The van der Waals surface area contributed by atoms with Crippen LogP contribution in [0.5, 0.6) is 0 Å². The second-order valence-corrected chi connectivity index (χ2v) is 20.7. The molecule has 0 atom stereocenters. The minimum atomic E-state index is -3.02. The molecule has 0 aromatic carbocycles. The Morgan fingerprint density at radius 3 is 0.522 bits per heavy atom. The molecule has 0 aromatic rings. The van der Waals surface area contributed by atoms with Crippen LogP contribution >= 0.6 is 22.1 Å². The van der Waals surface area contributed by atoms with E-state index in [1.165, 1.54) is 38.5 Å². The van der Waals surface area contributed by atoms with E-state index in [1.54, 1.807) is 0 Å².